The summed E-state index contributed by atoms with van der Waals surface area (Å²) in [5.74, 6) is -1.08. The third kappa shape index (κ3) is 3.72. The molecule has 0 radical (unpaired) electrons. The van der Waals surface area contributed by atoms with Gasteiger partial charge in [-0.05, 0) is 24.6 Å². The lowest BCUT2D eigenvalue weighted by molar-refractivity contribution is -0.140. The number of aliphatic carboxylic acids is 1. The summed E-state index contributed by atoms with van der Waals surface area (Å²) in [4.78, 5) is 10.9. The lowest BCUT2D eigenvalue weighted by Gasteiger charge is -2.22. The van der Waals surface area contributed by atoms with E-state index in [9.17, 15) is 13.2 Å². The van der Waals surface area contributed by atoms with Gasteiger partial charge in [-0.1, -0.05) is 6.07 Å². The molecule has 0 fully saturated rings. The fraction of sp³-hybridized carbons (Fsp3) is 0.462. The minimum atomic E-state index is -3.99. The fourth-order valence-electron chi connectivity index (χ4n) is 1.70. The standard InChI is InChI=1S/C13H19NO6S/c1-9(13(15)16)14(2)21(17,18)12-7-10(8-19-3)5-6-11(12)20-4/h5-7,9H,8H2,1-4H3,(H,15,16). The topological polar surface area (TPSA) is 93.1 Å². The van der Waals surface area contributed by atoms with Gasteiger partial charge in [-0.3, -0.25) is 4.79 Å². The van der Waals surface area contributed by atoms with Gasteiger partial charge in [-0.15, -0.1) is 0 Å². The first kappa shape index (κ1) is 17.4. The smallest absolute Gasteiger partial charge is 0.321 e. The molecule has 0 saturated heterocycles. The second-order valence-corrected chi connectivity index (χ2v) is 6.42. The van der Waals surface area contributed by atoms with Crippen LogP contribution in [0.1, 0.15) is 12.5 Å². The average molecular weight is 317 g/mol. The minimum absolute atomic E-state index is 0.0878. The van der Waals surface area contributed by atoms with Gasteiger partial charge in [0.1, 0.15) is 16.7 Å². The highest BCUT2D eigenvalue weighted by Crippen LogP contribution is 2.28. The molecule has 0 amide bonds. The van der Waals surface area contributed by atoms with Gasteiger partial charge >= 0.3 is 5.97 Å². The highest BCUT2D eigenvalue weighted by molar-refractivity contribution is 7.89. The SMILES string of the molecule is COCc1ccc(OC)c(S(=O)(=O)N(C)C(C)C(=O)O)c1. The summed E-state index contributed by atoms with van der Waals surface area (Å²) in [5.41, 5.74) is 0.647. The van der Waals surface area contributed by atoms with E-state index in [4.69, 9.17) is 14.6 Å². The van der Waals surface area contributed by atoms with Crippen molar-refractivity contribution in [2.45, 2.75) is 24.5 Å². The molecule has 1 rings (SSSR count). The number of ether oxygens (including phenoxy) is 2. The van der Waals surface area contributed by atoms with Crippen LogP contribution in [0.2, 0.25) is 0 Å². The molecule has 0 heterocycles. The number of sulfonamides is 1. The van der Waals surface area contributed by atoms with Crippen molar-refractivity contribution in [1.82, 2.24) is 4.31 Å². The lowest BCUT2D eigenvalue weighted by Crippen LogP contribution is -2.40. The number of hydrogen-bond acceptors (Lipinski definition) is 5. The van der Waals surface area contributed by atoms with Gasteiger partial charge in [0, 0.05) is 14.2 Å². The van der Waals surface area contributed by atoms with Gasteiger partial charge in [-0.2, -0.15) is 4.31 Å². The van der Waals surface area contributed by atoms with E-state index in [-0.39, 0.29) is 17.3 Å². The molecule has 1 aromatic carbocycles. The van der Waals surface area contributed by atoms with Gasteiger partial charge in [0.15, 0.2) is 0 Å². The third-order valence-electron chi connectivity index (χ3n) is 3.10. The normalized spacial score (nSPS) is 13.2. The van der Waals surface area contributed by atoms with Crippen molar-refractivity contribution in [2.24, 2.45) is 0 Å². The molecule has 0 bridgehead atoms. The molecule has 0 aliphatic heterocycles. The summed E-state index contributed by atoms with van der Waals surface area (Å²) >= 11 is 0. The van der Waals surface area contributed by atoms with E-state index in [2.05, 4.69) is 0 Å². The van der Waals surface area contributed by atoms with Crippen LogP contribution >= 0.6 is 0 Å². The molecule has 0 aromatic heterocycles. The van der Waals surface area contributed by atoms with E-state index in [1.165, 1.54) is 40.3 Å². The lowest BCUT2D eigenvalue weighted by atomic mass is 10.2. The van der Waals surface area contributed by atoms with E-state index < -0.39 is 22.0 Å². The molecule has 1 atom stereocenters. The van der Waals surface area contributed by atoms with Crippen molar-refractivity contribution in [3.8, 4) is 5.75 Å². The second-order valence-electron chi connectivity index (χ2n) is 4.45. The van der Waals surface area contributed by atoms with E-state index >= 15 is 0 Å². The highest BCUT2D eigenvalue weighted by Gasteiger charge is 2.31. The predicted octanol–water partition coefficient (Wildman–Crippen LogP) is 0.935. The number of carboxylic acids is 1. The van der Waals surface area contributed by atoms with Crippen LogP contribution in [0.5, 0.6) is 5.75 Å². The number of nitrogens with zero attached hydrogens (tertiary/aromatic N) is 1. The average Bonchev–Trinajstić information content (AvgIpc) is 2.45. The molecular weight excluding hydrogens is 298 g/mol. The molecule has 7 nitrogen and oxygen atoms in total. The summed E-state index contributed by atoms with van der Waals surface area (Å²) in [6, 6.07) is 3.43. The van der Waals surface area contributed by atoms with Crippen LogP contribution in [0.4, 0.5) is 0 Å². The van der Waals surface area contributed by atoms with Gasteiger partial charge < -0.3 is 14.6 Å². The summed E-state index contributed by atoms with van der Waals surface area (Å²) < 4.78 is 35.9. The third-order valence-corrected chi connectivity index (χ3v) is 5.05. The number of rotatable bonds is 7. The Morgan fingerprint density at radius 1 is 1.38 bits per heavy atom. The van der Waals surface area contributed by atoms with Crippen LogP contribution in [0.3, 0.4) is 0 Å². The van der Waals surface area contributed by atoms with Crippen LogP contribution in [0, 0.1) is 0 Å². The molecule has 0 aliphatic rings. The molecule has 0 saturated carbocycles. The van der Waals surface area contributed by atoms with E-state index in [1.807, 2.05) is 0 Å². The molecular formula is C13H19NO6S. The largest absolute Gasteiger partial charge is 0.495 e. The zero-order valence-corrected chi connectivity index (χ0v) is 13.2. The number of hydrogen-bond donors (Lipinski definition) is 1. The quantitative estimate of drug-likeness (QED) is 0.804. The van der Waals surface area contributed by atoms with Crippen LogP contribution < -0.4 is 4.74 Å². The maximum absolute atomic E-state index is 12.6. The predicted molar refractivity (Wildman–Crippen MR) is 75.8 cm³/mol. The van der Waals surface area contributed by atoms with Crippen LogP contribution in [-0.2, 0) is 26.2 Å². The van der Waals surface area contributed by atoms with E-state index in [1.54, 1.807) is 6.07 Å². The fourth-order valence-corrected chi connectivity index (χ4v) is 3.22. The van der Waals surface area contributed by atoms with Crippen LogP contribution in [0.15, 0.2) is 23.1 Å². The summed E-state index contributed by atoms with van der Waals surface area (Å²) in [6.07, 6.45) is 0. The first-order chi connectivity index (χ1) is 9.75. The maximum atomic E-state index is 12.6. The Kier molecular flexibility index (Phi) is 5.70. The van der Waals surface area contributed by atoms with Crippen molar-refractivity contribution >= 4 is 16.0 Å². The first-order valence-electron chi connectivity index (χ1n) is 6.12. The van der Waals surface area contributed by atoms with E-state index in [0.29, 0.717) is 5.56 Å². The number of carboxylic acid groups (broad SMARTS) is 1. The molecule has 0 spiro atoms. The highest BCUT2D eigenvalue weighted by atomic mass is 32.2. The molecule has 1 N–H and O–H groups in total. The Bertz CT molecular complexity index is 613. The minimum Gasteiger partial charge on any atom is -0.495 e. The summed E-state index contributed by atoms with van der Waals surface area (Å²) in [6.45, 7) is 1.54. The number of carbonyl (C=O) groups is 1. The second kappa shape index (κ2) is 6.88. The Balaban J connectivity index is 3.34. The molecule has 1 aromatic rings. The number of methoxy groups -OCH3 is 2. The van der Waals surface area contributed by atoms with Crippen LogP contribution in [0.25, 0.3) is 0 Å². The molecule has 21 heavy (non-hydrogen) atoms. The van der Waals surface area contributed by atoms with Gasteiger partial charge in [0.05, 0.1) is 13.7 Å². The van der Waals surface area contributed by atoms with Gasteiger partial charge in [0.2, 0.25) is 10.0 Å². The van der Waals surface area contributed by atoms with E-state index in [0.717, 1.165) is 4.31 Å². The number of benzene rings is 1. The van der Waals surface area contributed by atoms with Crippen molar-refractivity contribution in [3.05, 3.63) is 23.8 Å². The summed E-state index contributed by atoms with van der Waals surface area (Å²) in [5, 5.41) is 8.97. The van der Waals surface area contributed by atoms with Crippen molar-refractivity contribution in [3.63, 3.8) is 0 Å². The molecule has 118 valence electrons. The van der Waals surface area contributed by atoms with Crippen molar-refractivity contribution in [2.75, 3.05) is 21.3 Å². The van der Waals surface area contributed by atoms with Gasteiger partial charge in [-0.25, -0.2) is 8.42 Å². The monoisotopic (exact) mass is 317 g/mol. The molecule has 1 unspecified atom stereocenters. The maximum Gasteiger partial charge on any atom is 0.321 e. The van der Waals surface area contributed by atoms with Crippen molar-refractivity contribution in [1.29, 1.82) is 0 Å². The van der Waals surface area contributed by atoms with Gasteiger partial charge in [0.25, 0.3) is 0 Å². The zero-order chi connectivity index (χ0) is 16.2. The Labute approximate surface area is 124 Å². The zero-order valence-electron chi connectivity index (χ0n) is 12.4. The molecule has 8 heteroatoms. The molecule has 0 aliphatic carbocycles. The first-order valence-corrected chi connectivity index (χ1v) is 7.56. The summed E-state index contributed by atoms with van der Waals surface area (Å²) in [7, 11) is 0.0732. The van der Waals surface area contributed by atoms with Crippen molar-refractivity contribution < 1.29 is 27.8 Å². The Hall–Kier alpha value is -1.64. The Morgan fingerprint density at radius 3 is 2.48 bits per heavy atom. The van der Waals surface area contributed by atoms with Crippen LogP contribution in [-0.4, -0.2) is 51.1 Å². The Morgan fingerprint density at radius 2 is 2.00 bits per heavy atom. The number of likely N-dealkylation sites (N-methyl/N-ethyl adjacent to an activating group) is 1.